The zero-order valence-electron chi connectivity index (χ0n) is 16.4. The molecule has 2 aliphatic rings. The molecule has 3 aromatic rings. The van der Waals surface area contributed by atoms with Gasteiger partial charge >= 0.3 is 11.2 Å². The van der Waals surface area contributed by atoms with Crippen LogP contribution in [0, 0.1) is 16.0 Å². The molecule has 2 aromatic heterocycles. The maximum Gasteiger partial charge on any atom is 0.334 e. The summed E-state index contributed by atoms with van der Waals surface area (Å²) < 4.78 is 3.65. The van der Waals surface area contributed by atoms with Gasteiger partial charge in [-0.3, -0.25) is 19.7 Å². The van der Waals surface area contributed by atoms with Crippen molar-refractivity contribution in [3.05, 3.63) is 74.8 Å². The Balaban J connectivity index is 1.31. The molecule has 1 fully saturated rings. The van der Waals surface area contributed by atoms with Gasteiger partial charge in [0.15, 0.2) is 0 Å². The van der Waals surface area contributed by atoms with Gasteiger partial charge in [-0.05, 0) is 35.9 Å². The molecule has 0 saturated carbocycles. The number of amides is 1. The van der Waals surface area contributed by atoms with E-state index in [2.05, 4.69) is 22.8 Å². The Morgan fingerprint density at radius 1 is 1.10 bits per heavy atom. The summed E-state index contributed by atoms with van der Waals surface area (Å²) in [6.07, 6.45) is 3.34. The van der Waals surface area contributed by atoms with Crippen molar-refractivity contribution in [3.8, 4) is 0 Å². The lowest BCUT2D eigenvalue weighted by Crippen LogP contribution is -2.49. The van der Waals surface area contributed by atoms with Crippen molar-refractivity contribution in [2.45, 2.75) is 31.8 Å². The Kier molecular flexibility index (Phi) is 4.42. The van der Waals surface area contributed by atoms with Gasteiger partial charge in [-0.15, -0.1) is 0 Å². The van der Waals surface area contributed by atoms with Crippen LogP contribution < -0.4 is 5.56 Å². The second kappa shape index (κ2) is 7.12. The van der Waals surface area contributed by atoms with Gasteiger partial charge < -0.3 is 14.0 Å². The fourth-order valence-corrected chi connectivity index (χ4v) is 4.99. The third-order valence-corrected chi connectivity index (χ3v) is 6.38. The van der Waals surface area contributed by atoms with Gasteiger partial charge in [0.05, 0.1) is 4.92 Å². The molecule has 1 saturated heterocycles. The molecule has 1 amide bonds. The minimum atomic E-state index is -0.624. The highest BCUT2D eigenvalue weighted by atomic mass is 16.6. The van der Waals surface area contributed by atoms with E-state index in [0.717, 1.165) is 23.0 Å². The van der Waals surface area contributed by atoms with Crippen molar-refractivity contribution in [1.82, 2.24) is 14.0 Å². The van der Waals surface area contributed by atoms with Gasteiger partial charge in [-0.25, -0.2) is 0 Å². The van der Waals surface area contributed by atoms with Crippen molar-refractivity contribution >= 4 is 22.5 Å². The molecule has 2 aliphatic heterocycles. The van der Waals surface area contributed by atoms with Crippen LogP contribution >= 0.6 is 0 Å². The Labute approximate surface area is 172 Å². The van der Waals surface area contributed by atoms with Crippen LogP contribution in [0.25, 0.3) is 10.9 Å². The zero-order valence-corrected chi connectivity index (χ0v) is 16.4. The molecular formula is C22H22N4O4. The van der Waals surface area contributed by atoms with E-state index in [-0.39, 0.29) is 23.4 Å². The molecule has 4 heterocycles. The fraction of sp³-hybridized carbons (Fsp3) is 0.364. The van der Waals surface area contributed by atoms with Crippen LogP contribution in [-0.4, -0.2) is 38.0 Å². The fourth-order valence-electron chi connectivity index (χ4n) is 4.99. The van der Waals surface area contributed by atoms with E-state index in [9.17, 15) is 19.7 Å². The normalized spacial score (nSPS) is 20.2. The molecule has 1 aromatic carbocycles. The smallest absolute Gasteiger partial charge is 0.334 e. The van der Waals surface area contributed by atoms with Crippen molar-refractivity contribution < 1.29 is 9.72 Å². The van der Waals surface area contributed by atoms with Crippen LogP contribution in [0.2, 0.25) is 0 Å². The molecule has 0 aliphatic carbocycles. The van der Waals surface area contributed by atoms with Gasteiger partial charge in [-0.1, -0.05) is 18.2 Å². The van der Waals surface area contributed by atoms with Crippen LogP contribution in [0.15, 0.2) is 53.5 Å². The monoisotopic (exact) mass is 406 g/mol. The average molecular weight is 406 g/mol. The van der Waals surface area contributed by atoms with E-state index in [1.54, 1.807) is 10.6 Å². The summed E-state index contributed by atoms with van der Waals surface area (Å²) in [6.45, 7) is 2.20. The van der Waals surface area contributed by atoms with Crippen LogP contribution in [0.3, 0.4) is 0 Å². The third-order valence-electron chi connectivity index (χ3n) is 6.38. The zero-order chi connectivity index (χ0) is 20.8. The molecule has 2 atom stereocenters. The van der Waals surface area contributed by atoms with Gasteiger partial charge in [-0.2, -0.15) is 0 Å². The highest BCUT2D eigenvalue weighted by Crippen LogP contribution is 2.35. The number of carbonyl (C=O) groups excluding carboxylic acids is 1. The van der Waals surface area contributed by atoms with E-state index in [4.69, 9.17) is 0 Å². The number of rotatable bonds is 4. The first-order chi connectivity index (χ1) is 14.5. The maximum atomic E-state index is 12.9. The topological polar surface area (TPSA) is 90.4 Å². The van der Waals surface area contributed by atoms with Crippen molar-refractivity contribution in [3.63, 3.8) is 0 Å². The number of carbonyl (C=O) groups is 1. The number of likely N-dealkylation sites (tertiary alicyclic amines) is 1. The Morgan fingerprint density at radius 3 is 2.77 bits per heavy atom. The lowest BCUT2D eigenvalue weighted by Gasteiger charge is -2.42. The number of para-hydroxylation sites is 1. The number of nitro groups is 1. The van der Waals surface area contributed by atoms with Crippen LogP contribution in [0.1, 0.15) is 24.5 Å². The van der Waals surface area contributed by atoms with Gasteiger partial charge in [0.2, 0.25) is 5.91 Å². The number of pyridine rings is 1. The Morgan fingerprint density at radius 2 is 1.93 bits per heavy atom. The predicted molar refractivity (Wildman–Crippen MR) is 111 cm³/mol. The summed E-state index contributed by atoms with van der Waals surface area (Å²) in [5.41, 5.74) is 1.00. The minimum Gasteiger partial charge on any atom is -0.347 e. The van der Waals surface area contributed by atoms with E-state index in [1.165, 1.54) is 6.07 Å². The van der Waals surface area contributed by atoms with Gasteiger partial charge in [0.25, 0.3) is 0 Å². The van der Waals surface area contributed by atoms with Crippen LogP contribution in [0.5, 0.6) is 0 Å². The molecule has 5 rings (SSSR count). The maximum absolute atomic E-state index is 12.9. The molecule has 0 spiro atoms. The lowest BCUT2D eigenvalue weighted by atomic mass is 9.83. The first kappa shape index (κ1) is 18.6. The van der Waals surface area contributed by atoms with Gasteiger partial charge in [0.1, 0.15) is 0 Å². The number of fused-ring (bicyclic) bond motifs is 5. The number of benzene rings is 1. The molecule has 8 heteroatoms. The molecule has 2 bridgehead atoms. The molecule has 0 radical (unpaired) electrons. The summed E-state index contributed by atoms with van der Waals surface area (Å²) in [5, 5.41) is 12.2. The molecule has 0 N–H and O–H groups in total. The number of piperidine rings is 1. The largest absolute Gasteiger partial charge is 0.347 e. The number of aryl methyl sites for hydroxylation is 1. The third kappa shape index (κ3) is 3.08. The predicted octanol–water partition coefficient (Wildman–Crippen LogP) is 2.75. The highest BCUT2D eigenvalue weighted by Gasteiger charge is 2.37. The summed E-state index contributed by atoms with van der Waals surface area (Å²) in [6, 6.07) is 13.1. The SMILES string of the molecule is O=C(CCn1ccc2ccccc21)N1CC2C[C@@H](C1)Cn1c2ccc([N+](=O)[O-])c1=O. The Hall–Kier alpha value is -3.42. The second-order valence-electron chi connectivity index (χ2n) is 8.23. The van der Waals surface area contributed by atoms with Gasteiger partial charge in [0, 0.05) is 62.0 Å². The second-order valence-corrected chi connectivity index (χ2v) is 8.23. The standard InChI is InChI=1S/C22H22N4O4/c27-21(8-10-23-9-7-16-3-1-2-4-18(16)23)24-12-15-11-17(14-24)19-5-6-20(26(29)30)22(28)25(19)13-15/h1-7,9,15,17H,8,10-14H2/t15-,17?/m0/s1. The summed E-state index contributed by atoms with van der Waals surface area (Å²) in [7, 11) is 0. The quantitative estimate of drug-likeness (QED) is 0.492. The van der Waals surface area contributed by atoms with Crippen LogP contribution in [-0.2, 0) is 17.9 Å². The summed E-state index contributed by atoms with van der Waals surface area (Å²) in [5.74, 6) is 0.301. The minimum absolute atomic E-state index is 0.0439. The molecule has 30 heavy (non-hydrogen) atoms. The van der Waals surface area contributed by atoms with Crippen molar-refractivity contribution in [1.29, 1.82) is 0 Å². The van der Waals surface area contributed by atoms with Crippen molar-refractivity contribution in [2.24, 2.45) is 5.92 Å². The molecular weight excluding hydrogens is 384 g/mol. The van der Waals surface area contributed by atoms with E-state index in [0.29, 0.717) is 32.6 Å². The van der Waals surface area contributed by atoms with Crippen molar-refractivity contribution in [2.75, 3.05) is 13.1 Å². The lowest BCUT2D eigenvalue weighted by molar-refractivity contribution is -0.386. The number of nitrogens with zero attached hydrogens (tertiary/aromatic N) is 4. The molecule has 1 unspecified atom stereocenters. The van der Waals surface area contributed by atoms with Crippen LogP contribution in [0.4, 0.5) is 5.69 Å². The molecule has 8 nitrogen and oxygen atoms in total. The van der Waals surface area contributed by atoms with E-state index < -0.39 is 10.5 Å². The number of hydrogen-bond acceptors (Lipinski definition) is 4. The van der Waals surface area contributed by atoms with E-state index >= 15 is 0 Å². The number of hydrogen-bond donors (Lipinski definition) is 0. The summed E-state index contributed by atoms with van der Waals surface area (Å²) in [4.78, 5) is 37.8. The first-order valence-corrected chi connectivity index (χ1v) is 10.2. The average Bonchev–Trinajstić information content (AvgIpc) is 3.15. The number of aromatic nitrogens is 2. The molecule has 154 valence electrons. The summed E-state index contributed by atoms with van der Waals surface area (Å²) >= 11 is 0. The first-order valence-electron chi connectivity index (χ1n) is 10.2. The Bertz CT molecular complexity index is 1210. The van der Waals surface area contributed by atoms with E-state index in [1.807, 2.05) is 23.2 Å². The highest BCUT2D eigenvalue weighted by molar-refractivity contribution is 5.80.